The van der Waals surface area contributed by atoms with Gasteiger partial charge in [-0.05, 0) is 18.6 Å². The molecule has 1 aromatic heterocycles. The Morgan fingerprint density at radius 3 is 2.95 bits per heavy atom. The van der Waals surface area contributed by atoms with Gasteiger partial charge in [-0.3, -0.25) is 10.1 Å². The Morgan fingerprint density at radius 1 is 1.41 bits per heavy atom. The summed E-state index contributed by atoms with van der Waals surface area (Å²) in [6, 6.07) is 6.84. The normalized spacial score (nSPS) is 10.3. The molecule has 0 aliphatic rings. The highest BCUT2D eigenvalue weighted by atomic mass is 19.1. The number of benzene rings is 1. The molecule has 0 unspecified atom stereocenters. The minimum atomic E-state index is -0.556. The Labute approximate surface area is 127 Å². The first-order chi connectivity index (χ1) is 10.6. The van der Waals surface area contributed by atoms with Gasteiger partial charge in [0.2, 0.25) is 5.88 Å². The Morgan fingerprint density at radius 2 is 2.23 bits per heavy atom. The fraction of sp³-hybridized carbons (Fsp3) is 0.267. The smallest absolute Gasteiger partial charge is 0.292 e. The highest BCUT2D eigenvalue weighted by Crippen LogP contribution is 2.26. The molecular weight excluding hydrogens is 289 g/mol. The van der Waals surface area contributed by atoms with Crippen molar-refractivity contribution >= 4 is 11.4 Å². The Balaban J connectivity index is 2.17. The van der Waals surface area contributed by atoms with Crippen LogP contribution in [0.25, 0.3) is 0 Å². The highest BCUT2D eigenvalue weighted by molar-refractivity contribution is 5.61. The van der Waals surface area contributed by atoms with E-state index in [0.29, 0.717) is 12.5 Å². The number of hydrogen-bond donors (Lipinski definition) is 1. The van der Waals surface area contributed by atoms with E-state index in [2.05, 4.69) is 10.3 Å². The topological polar surface area (TPSA) is 77.3 Å². The van der Waals surface area contributed by atoms with Gasteiger partial charge in [0.1, 0.15) is 11.5 Å². The molecule has 0 bridgehead atoms. The molecule has 0 saturated carbocycles. The van der Waals surface area contributed by atoms with Crippen LogP contribution in [-0.2, 0) is 6.54 Å². The Hall–Kier alpha value is -2.70. The molecule has 0 radical (unpaired) electrons. The molecule has 0 aliphatic heterocycles. The van der Waals surface area contributed by atoms with Crippen molar-refractivity contribution in [3.63, 3.8) is 0 Å². The maximum Gasteiger partial charge on any atom is 0.292 e. The van der Waals surface area contributed by atoms with Gasteiger partial charge in [-0.1, -0.05) is 13.0 Å². The minimum absolute atomic E-state index is 0.121. The molecule has 0 aliphatic carbocycles. The van der Waals surface area contributed by atoms with E-state index >= 15 is 0 Å². The van der Waals surface area contributed by atoms with Crippen LogP contribution in [0.15, 0.2) is 36.5 Å². The van der Waals surface area contributed by atoms with Gasteiger partial charge < -0.3 is 10.1 Å². The van der Waals surface area contributed by atoms with Crippen LogP contribution in [0.4, 0.5) is 15.8 Å². The van der Waals surface area contributed by atoms with Crippen LogP contribution in [0, 0.1) is 15.9 Å². The summed E-state index contributed by atoms with van der Waals surface area (Å²) < 4.78 is 18.8. The molecule has 0 saturated heterocycles. The van der Waals surface area contributed by atoms with E-state index in [-0.39, 0.29) is 17.9 Å². The van der Waals surface area contributed by atoms with Crippen molar-refractivity contribution in [3.8, 4) is 5.88 Å². The summed E-state index contributed by atoms with van der Waals surface area (Å²) in [4.78, 5) is 14.5. The average molecular weight is 305 g/mol. The molecule has 7 heteroatoms. The number of pyridine rings is 1. The number of nitro groups is 1. The van der Waals surface area contributed by atoms with E-state index in [9.17, 15) is 14.5 Å². The van der Waals surface area contributed by atoms with Gasteiger partial charge in [-0.15, -0.1) is 0 Å². The van der Waals surface area contributed by atoms with Gasteiger partial charge in [0.25, 0.3) is 5.69 Å². The molecule has 116 valence electrons. The Bertz CT molecular complexity index is 664. The monoisotopic (exact) mass is 305 g/mol. The third kappa shape index (κ3) is 3.91. The zero-order chi connectivity index (χ0) is 15.9. The lowest BCUT2D eigenvalue weighted by molar-refractivity contribution is -0.384. The molecule has 0 amide bonds. The van der Waals surface area contributed by atoms with Crippen LogP contribution < -0.4 is 10.1 Å². The van der Waals surface area contributed by atoms with Crippen LogP contribution in [0.5, 0.6) is 5.88 Å². The van der Waals surface area contributed by atoms with E-state index < -0.39 is 10.7 Å². The molecule has 0 atom stereocenters. The zero-order valence-corrected chi connectivity index (χ0v) is 12.1. The fourth-order valence-corrected chi connectivity index (χ4v) is 1.89. The van der Waals surface area contributed by atoms with E-state index in [0.717, 1.165) is 30.2 Å². The maximum atomic E-state index is 13.3. The SMILES string of the molecule is CCCOc1ncccc1CNc1cc(F)ccc1[N+](=O)[O-]. The van der Waals surface area contributed by atoms with Gasteiger partial charge in [0.15, 0.2) is 0 Å². The standard InChI is InChI=1S/C15H16FN3O3/c1-2-8-22-15-11(4-3-7-17-15)10-18-13-9-12(16)5-6-14(13)19(20)21/h3-7,9,18H,2,8,10H2,1H3. The van der Waals surface area contributed by atoms with E-state index in [4.69, 9.17) is 4.74 Å². The third-order valence-corrected chi connectivity index (χ3v) is 2.92. The van der Waals surface area contributed by atoms with E-state index in [1.807, 2.05) is 6.92 Å². The van der Waals surface area contributed by atoms with Crippen LogP contribution in [0.2, 0.25) is 0 Å². The van der Waals surface area contributed by atoms with Crippen molar-refractivity contribution in [3.05, 3.63) is 58.0 Å². The molecule has 0 spiro atoms. The molecular formula is C15H16FN3O3. The number of nitro benzene ring substituents is 1. The van der Waals surface area contributed by atoms with Crippen molar-refractivity contribution in [1.82, 2.24) is 4.98 Å². The number of anilines is 1. The third-order valence-electron chi connectivity index (χ3n) is 2.92. The largest absolute Gasteiger partial charge is 0.477 e. The lowest BCUT2D eigenvalue weighted by Gasteiger charge is -2.11. The molecule has 1 N–H and O–H groups in total. The molecule has 2 rings (SSSR count). The maximum absolute atomic E-state index is 13.3. The van der Waals surface area contributed by atoms with Crippen molar-refractivity contribution in [1.29, 1.82) is 0 Å². The van der Waals surface area contributed by atoms with Crippen molar-refractivity contribution in [2.24, 2.45) is 0 Å². The van der Waals surface area contributed by atoms with Gasteiger partial charge >= 0.3 is 0 Å². The van der Waals surface area contributed by atoms with Crippen molar-refractivity contribution in [2.75, 3.05) is 11.9 Å². The summed E-state index contributed by atoms with van der Waals surface area (Å²) >= 11 is 0. The zero-order valence-electron chi connectivity index (χ0n) is 12.1. The second-order valence-corrected chi connectivity index (χ2v) is 4.59. The first-order valence-electron chi connectivity index (χ1n) is 6.86. The fourth-order valence-electron chi connectivity index (χ4n) is 1.89. The van der Waals surface area contributed by atoms with Gasteiger partial charge in [0, 0.05) is 30.4 Å². The molecule has 0 fully saturated rings. The van der Waals surface area contributed by atoms with Crippen molar-refractivity contribution < 1.29 is 14.1 Å². The van der Waals surface area contributed by atoms with Crippen LogP contribution in [0.1, 0.15) is 18.9 Å². The summed E-state index contributed by atoms with van der Waals surface area (Å²) in [7, 11) is 0. The summed E-state index contributed by atoms with van der Waals surface area (Å²) in [6.45, 7) is 2.76. The quantitative estimate of drug-likeness (QED) is 0.625. The molecule has 22 heavy (non-hydrogen) atoms. The van der Waals surface area contributed by atoms with Gasteiger partial charge in [0.05, 0.1) is 11.5 Å². The number of hydrogen-bond acceptors (Lipinski definition) is 5. The lowest BCUT2D eigenvalue weighted by atomic mass is 10.2. The summed E-state index contributed by atoms with van der Waals surface area (Å²) in [6.07, 6.45) is 2.46. The molecule has 1 aromatic carbocycles. The van der Waals surface area contributed by atoms with E-state index in [1.54, 1.807) is 18.3 Å². The number of halogens is 1. The summed E-state index contributed by atoms with van der Waals surface area (Å²) in [5, 5.41) is 13.8. The predicted octanol–water partition coefficient (Wildman–Crippen LogP) is 3.53. The average Bonchev–Trinajstić information content (AvgIpc) is 2.51. The second kappa shape index (κ2) is 7.35. The van der Waals surface area contributed by atoms with Gasteiger partial charge in [-0.25, -0.2) is 9.37 Å². The van der Waals surface area contributed by atoms with Gasteiger partial charge in [-0.2, -0.15) is 0 Å². The summed E-state index contributed by atoms with van der Waals surface area (Å²) in [5.74, 6) is -0.0716. The number of nitrogens with zero attached hydrogens (tertiary/aromatic N) is 2. The first kappa shape index (κ1) is 15.7. The number of nitrogens with one attached hydrogen (secondary N) is 1. The predicted molar refractivity (Wildman–Crippen MR) is 80.4 cm³/mol. The molecule has 6 nitrogen and oxygen atoms in total. The van der Waals surface area contributed by atoms with Crippen LogP contribution >= 0.6 is 0 Å². The van der Waals surface area contributed by atoms with E-state index in [1.165, 1.54) is 0 Å². The number of rotatable bonds is 7. The summed E-state index contributed by atoms with van der Waals surface area (Å²) in [5.41, 5.74) is 0.686. The first-order valence-corrected chi connectivity index (χ1v) is 6.86. The van der Waals surface area contributed by atoms with Crippen molar-refractivity contribution in [2.45, 2.75) is 19.9 Å². The lowest BCUT2D eigenvalue weighted by Crippen LogP contribution is -2.07. The second-order valence-electron chi connectivity index (χ2n) is 4.59. The minimum Gasteiger partial charge on any atom is -0.477 e. The molecule has 1 heterocycles. The Kier molecular flexibility index (Phi) is 5.24. The number of aromatic nitrogens is 1. The van der Waals surface area contributed by atoms with Crippen LogP contribution in [0.3, 0.4) is 0 Å². The highest BCUT2D eigenvalue weighted by Gasteiger charge is 2.15. The molecule has 2 aromatic rings. The number of ether oxygens (including phenoxy) is 1. The van der Waals surface area contributed by atoms with Crippen LogP contribution in [-0.4, -0.2) is 16.5 Å².